The Kier molecular flexibility index (Phi) is 8.44. The molecule has 17 heavy (non-hydrogen) atoms. The Balaban J connectivity index is 1.97. The van der Waals surface area contributed by atoms with Crippen molar-refractivity contribution in [2.45, 2.75) is 0 Å². The highest BCUT2D eigenvalue weighted by Crippen LogP contribution is 2.17. The minimum atomic E-state index is 0.548. The molecule has 3 nitrogen and oxygen atoms in total. The summed E-state index contributed by atoms with van der Waals surface area (Å²) in [5, 5.41) is 3.22. The molecular weight excluding hydrogens is 305 g/mol. The minimum Gasteiger partial charge on any atom is -0.492 e. The van der Waals surface area contributed by atoms with Crippen LogP contribution >= 0.6 is 27.5 Å². The summed E-state index contributed by atoms with van der Waals surface area (Å²) in [7, 11) is 0. The zero-order valence-electron chi connectivity index (χ0n) is 9.62. The average molecular weight is 323 g/mol. The molecule has 5 heteroatoms. The molecule has 0 aliphatic rings. The molecule has 1 aromatic carbocycles. The second-order valence-electron chi connectivity index (χ2n) is 3.36. The number of hydrogen-bond acceptors (Lipinski definition) is 3. The normalized spacial score (nSPS) is 10.5. The van der Waals surface area contributed by atoms with Crippen LogP contribution in [-0.2, 0) is 4.74 Å². The fourth-order valence-corrected chi connectivity index (χ4v) is 1.71. The van der Waals surface area contributed by atoms with Crippen molar-refractivity contribution >= 4 is 27.5 Å². The molecule has 0 aromatic heterocycles. The smallest absolute Gasteiger partial charge is 0.120 e. The maximum absolute atomic E-state index is 5.56. The van der Waals surface area contributed by atoms with Crippen molar-refractivity contribution in [2.24, 2.45) is 0 Å². The average Bonchev–Trinajstić information content (AvgIpc) is 2.33. The van der Waals surface area contributed by atoms with Crippen molar-refractivity contribution in [2.75, 3.05) is 38.8 Å². The highest BCUT2D eigenvalue weighted by Gasteiger charge is 1.94. The first-order valence-corrected chi connectivity index (χ1v) is 6.88. The van der Waals surface area contributed by atoms with Gasteiger partial charge in [-0.3, -0.25) is 0 Å². The number of alkyl halides is 1. The number of rotatable bonds is 9. The standard InChI is InChI=1S/C12H17BrClNO2/c13-11-2-1-3-12(10-11)17-9-6-15-5-8-16-7-4-14/h1-3,10,15H,4-9H2. The van der Waals surface area contributed by atoms with E-state index in [1.54, 1.807) is 0 Å². The van der Waals surface area contributed by atoms with Crippen LogP contribution in [0.5, 0.6) is 5.75 Å². The van der Waals surface area contributed by atoms with Crippen molar-refractivity contribution in [3.8, 4) is 5.75 Å². The van der Waals surface area contributed by atoms with E-state index in [4.69, 9.17) is 21.1 Å². The third-order valence-electron chi connectivity index (χ3n) is 1.99. The summed E-state index contributed by atoms with van der Waals surface area (Å²) in [6, 6.07) is 7.81. The molecule has 0 saturated heterocycles. The second kappa shape index (κ2) is 9.71. The van der Waals surface area contributed by atoms with Crippen LogP contribution < -0.4 is 10.1 Å². The van der Waals surface area contributed by atoms with E-state index >= 15 is 0 Å². The Labute approximate surface area is 116 Å². The van der Waals surface area contributed by atoms with Gasteiger partial charge in [0.1, 0.15) is 12.4 Å². The maximum atomic E-state index is 5.56. The monoisotopic (exact) mass is 321 g/mol. The molecule has 1 aromatic rings. The molecule has 0 heterocycles. The predicted octanol–water partition coefficient (Wildman–Crippen LogP) is 2.67. The highest BCUT2D eigenvalue weighted by molar-refractivity contribution is 9.10. The quantitative estimate of drug-likeness (QED) is 0.560. The molecule has 96 valence electrons. The van der Waals surface area contributed by atoms with Gasteiger partial charge in [0, 0.05) is 23.4 Å². The van der Waals surface area contributed by atoms with Crippen LogP contribution in [0.15, 0.2) is 28.7 Å². The van der Waals surface area contributed by atoms with Gasteiger partial charge in [0.25, 0.3) is 0 Å². The molecule has 0 aliphatic carbocycles. The molecule has 0 bridgehead atoms. The van der Waals surface area contributed by atoms with Crippen LogP contribution in [0.25, 0.3) is 0 Å². The van der Waals surface area contributed by atoms with Gasteiger partial charge < -0.3 is 14.8 Å². The Hall–Kier alpha value is -0.290. The van der Waals surface area contributed by atoms with Gasteiger partial charge >= 0.3 is 0 Å². The van der Waals surface area contributed by atoms with Gasteiger partial charge in [-0.15, -0.1) is 11.6 Å². The Morgan fingerprint density at radius 2 is 2.00 bits per heavy atom. The van der Waals surface area contributed by atoms with Crippen LogP contribution in [0.3, 0.4) is 0 Å². The lowest BCUT2D eigenvalue weighted by Gasteiger charge is -2.08. The third-order valence-corrected chi connectivity index (χ3v) is 2.64. The topological polar surface area (TPSA) is 30.5 Å². The van der Waals surface area contributed by atoms with Gasteiger partial charge in [0.2, 0.25) is 0 Å². The fraction of sp³-hybridized carbons (Fsp3) is 0.500. The van der Waals surface area contributed by atoms with Crippen LogP contribution in [0.4, 0.5) is 0 Å². The van der Waals surface area contributed by atoms with Crippen LogP contribution in [0.2, 0.25) is 0 Å². The van der Waals surface area contributed by atoms with Gasteiger partial charge in [-0.2, -0.15) is 0 Å². The van der Waals surface area contributed by atoms with E-state index in [0.29, 0.717) is 25.7 Å². The number of nitrogens with one attached hydrogen (secondary N) is 1. The molecule has 0 amide bonds. The molecule has 0 aliphatic heterocycles. The molecule has 1 N–H and O–H groups in total. The van der Waals surface area contributed by atoms with E-state index in [0.717, 1.165) is 23.3 Å². The van der Waals surface area contributed by atoms with E-state index < -0.39 is 0 Å². The zero-order valence-corrected chi connectivity index (χ0v) is 12.0. The van der Waals surface area contributed by atoms with Gasteiger partial charge in [-0.25, -0.2) is 0 Å². The molecule has 0 atom stereocenters. The summed E-state index contributed by atoms with van der Waals surface area (Å²) >= 11 is 8.87. The molecule has 1 rings (SSSR count). The van der Waals surface area contributed by atoms with E-state index in [1.165, 1.54) is 0 Å². The van der Waals surface area contributed by atoms with Gasteiger partial charge in [-0.1, -0.05) is 22.0 Å². The lowest BCUT2D eigenvalue weighted by atomic mass is 10.3. The summed E-state index contributed by atoms with van der Waals surface area (Å²) in [6.45, 7) is 3.56. The van der Waals surface area contributed by atoms with Crippen LogP contribution in [0, 0.1) is 0 Å². The van der Waals surface area contributed by atoms with Crippen LogP contribution in [-0.4, -0.2) is 38.8 Å². The summed E-state index contributed by atoms with van der Waals surface area (Å²) in [5.41, 5.74) is 0. The molecular formula is C12H17BrClNO2. The second-order valence-corrected chi connectivity index (χ2v) is 4.65. The van der Waals surface area contributed by atoms with Gasteiger partial charge in [0.05, 0.1) is 13.2 Å². The summed E-state index contributed by atoms with van der Waals surface area (Å²) in [4.78, 5) is 0. The van der Waals surface area contributed by atoms with E-state index in [-0.39, 0.29) is 0 Å². The number of ether oxygens (including phenoxy) is 2. The first-order chi connectivity index (χ1) is 8.33. The largest absolute Gasteiger partial charge is 0.492 e. The van der Waals surface area contributed by atoms with Crippen molar-refractivity contribution in [3.63, 3.8) is 0 Å². The van der Waals surface area contributed by atoms with Crippen molar-refractivity contribution < 1.29 is 9.47 Å². The molecule has 0 unspecified atom stereocenters. The first-order valence-electron chi connectivity index (χ1n) is 5.55. The highest BCUT2D eigenvalue weighted by atomic mass is 79.9. The van der Waals surface area contributed by atoms with E-state index in [2.05, 4.69) is 21.2 Å². The van der Waals surface area contributed by atoms with Crippen molar-refractivity contribution in [3.05, 3.63) is 28.7 Å². The zero-order chi connectivity index (χ0) is 12.3. The SMILES string of the molecule is ClCCOCCNCCOc1cccc(Br)c1. The Morgan fingerprint density at radius 1 is 1.18 bits per heavy atom. The van der Waals surface area contributed by atoms with E-state index in [1.807, 2.05) is 24.3 Å². The number of hydrogen-bond donors (Lipinski definition) is 1. The molecule has 0 saturated carbocycles. The van der Waals surface area contributed by atoms with Gasteiger partial charge in [-0.05, 0) is 18.2 Å². The molecule has 0 radical (unpaired) electrons. The third kappa shape index (κ3) is 7.60. The lowest BCUT2D eigenvalue weighted by molar-refractivity contribution is 0.150. The Morgan fingerprint density at radius 3 is 2.76 bits per heavy atom. The summed E-state index contributed by atoms with van der Waals surface area (Å²) in [6.07, 6.45) is 0. The van der Waals surface area contributed by atoms with E-state index in [9.17, 15) is 0 Å². The minimum absolute atomic E-state index is 0.548. The van der Waals surface area contributed by atoms with Gasteiger partial charge in [0.15, 0.2) is 0 Å². The van der Waals surface area contributed by atoms with Crippen molar-refractivity contribution in [1.29, 1.82) is 0 Å². The maximum Gasteiger partial charge on any atom is 0.120 e. The molecule has 0 fully saturated rings. The Bertz CT molecular complexity index is 312. The predicted molar refractivity (Wildman–Crippen MR) is 74.0 cm³/mol. The first kappa shape index (κ1) is 14.8. The fourth-order valence-electron chi connectivity index (χ4n) is 1.22. The lowest BCUT2D eigenvalue weighted by Crippen LogP contribution is -2.25. The summed E-state index contributed by atoms with van der Waals surface area (Å²) < 4.78 is 11.8. The number of benzene rings is 1. The van der Waals surface area contributed by atoms with Crippen molar-refractivity contribution in [1.82, 2.24) is 5.32 Å². The summed E-state index contributed by atoms with van der Waals surface area (Å²) in [5.74, 6) is 1.42. The molecule has 0 spiro atoms. The van der Waals surface area contributed by atoms with Crippen LogP contribution in [0.1, 0.15) is 0 Å². The number of halogens is 2.